The van der Waals surface area contributed by atoms with Crippen molar-refractivity contribution in [2.45, 2.75) is 24.4 Å². The van der Waals surface area contributed by atoms with E-state index in [1.807, 2.05) is 13.0 Å². The molecule has 2 aromatic heterocycles. The lowest BCUT2D eigenvalue weighted by molar-refractivity contribution is 0.0917. The summed E-state index contributed by atoms with van der Waals surface area (Å²) in [6.45, 7) is 3.36. The molecule has 2 fully saturated rings. The summed E-state index contributed by atoms with van der Waals surface area (Å²) in [7, 11) is -2.30. The van der Waals surface area contributed by atoms with Crippen molar-refractivity contribution in [2.24, 2.45) is 11.8 Å². The highest BCUT2D eigenvalue weighted by atomic mass is 32.2. The second kappa shape index (κ2) is 9.10. The van der Waals surface area contributed by atoms with E-state index in [1.54, 1.807) is 42.5 Å². The van der Waals surface area contributed by atoms with Gasteiger partial charge in [-0.2, -0.15) is 5.10 Å². The maximum Gasteiger partial charge on any atom is 0.271 e. The number of hydrogen-bond acceptors (Lipinski definition) is 6. The summed E-state index contributed by atoms with van der Waals surface area (Å²) < 4.78 is 34.9. The van der Waals surface area contributed by atoms with Gasteiger partial charge in [-0.05, 0) is 36.8 Å². The summed E-state index contributed by atoms with van der Waals surface area (Å²) in [5.74, 6) is -0.0442. The Labute approximate surface area is 219 Å². The van der Waals surface area contributed by atoms with Crippen LogP contribution in [0.1, 0.15) is 32.1 Å². The monoisotopic (exact) mass is 533 g/mol. The number of rotatable bonds is 7. The van der Waals surface area contributed by atoms with Crippen LogP contribution in [-0.2, 0) is 21.3 Å². The molecule has 4 aromatic rings. The number of nitrogens with zero attached hydrogens (tertiary/aromatic N) is 3. The molecule has 3 heterocycles. The lowest BCUT2D eigenvalue weighted by Gasteiger charge is -2.11. The zero-order valence-corrected chi connectivity index (χ0v) is 21.7. The number of benzene rings is 2. The number of carbonyl (C=O) groups excluding carboxylic acids is 2. The molecule has 10 nitrogen and oxygen atoms in total. The average molecular weight is 534 g/mol. The van der Waals surface area contributed by atoms with E-state index in [0.29, 0.717) is 36.0 Å². The molecule has 2 aliphatic rings. The van der Waals surface area contributed by atoms with E-state index < -0.39 is 15.9 Å². The van der Waals surface area contributed by atoms with Gasteiger partial charge in [-0.1, -0.05) is 29.8 Å². The summed E-state index contributed by atoms with van der Waals surface area (Å²) in [5.41, 5.74) is 2.63. The Bertz CT molecular complexity index is 1660. The van der Waals surface area contributed by atoms with Gasteiger partial charge in [0.05, 0.1) is 30.2 Å². The van der Waals surface area contributed by atoms with Crippen molar-refractivity contribution in [2.75, 3.05) is 20.3 Å². The fourth-order valence-corrected chi connectivity index (χ4v) is 6.52. The van der Waals surface area contributed by atoms with E-state index in [2.05, 4.69) is 15.7 Å². The topological polar surface area (TPSA) is 124 Å². The third-order valence-electron chi connectivity index (χ3n) is 7.41. The standard InChI is InChI=1S/C27H27N5O5S/c1-16-6-8-18(9-7-16)38(35,36)32-11-10-19-17(4-3-5-23(19)32)13-31-24(12-22(30-31)26(33)28-2)27(34)29-25-20-14-37-15-21(20)25/h3-12,20-21,25H,13-15H2,1-2H3,(H,28,33)(H,29,34)/t20-,21+,25?. The first-order valence-corrected chi connectivity index (χ1v) is 13.8. The summed E-state index contributed by atoms with van der Waals surface area (Å²) in [5, 5.41) is 10.7. The van der Waals surface area contributed by atoms with E-state index in [9.17, 15) is 18.0 Å². The van der Waals surface area contributed by atoms with Gasteiger partial charge >= 0.3 is 0 Å². The zero-order valence-electron chi connectivity index (χ0n) is 20.9. The molecule has 0 spiro atoms. The van der Waals surface area contributed by atoms with Crippen molar-refractivity contribution < 1.29 is 22.7 Å². The number of nitrogens with one attached hydrogen (secondary N) is 2. The highest BCUT2D eigenvalue weighted by Crippen LogP contribution is 2.44. The minimum Gasteiger partial charge on any atom is -0.381 e. The van der Waals surface area contributed by atoms with Crippen molar-refractivity contribution >= 4 is 32.7 Å². The van der Waals surface area contributed by atoms with Crippen molar-refractivity contribution in [3.63, 3.8) is 0 Å². The number of hydrogen-bond donors (Lipinski definition) is 2. The van der Waals surface area contributed by atoms with Crippen LogP contribution in [0.4, 0.5) is 0 Å². The van der Waals surface area contributed by atoms with Gasteiger partial charge in [0.1, 0.15) is 5.69 Å². The molecule has 6 rings (SSSR count). The third kappa shape index (κ3) is 4.07. The van der Waals surface area contributed by atoms with Crippen LogP contribution < -0.4 is 10.6 Å². The number of aromatic nitrogens is 3. The number of amides is 2. The Morgan fingerprint density at radius 2 is 1.79 bits per heavy atom. The first kappa shape index (κ1) is 24.4. The molecule has 2 aromatic carbocycles. The summed E-state index contributed by atoms with van der Waals surface area (Å²) >= 11 is 0. The van der Waals surface area contributed by atoms with Gasteiger partial charge in [-0.15, -0.1) is 0 Å². The molecule has 11 heteroatoms. The fourth-order valence-electron chi connectivity index (χ4n) is 5.18. The van der Waals surface area contributed by atoms with Crippen molar-refractivity contribution in [1.29, 1.82) is 0 Å². The van der Waals surface area contributed by atoms with E-state index in [-0.39, 0.29) is 34.8 Å². The van der Waals surface area contributed by atoms with Gasteiger partial charge in [-0.25, -0.2) is 12.4 Å². The van der Waals surface area contributed by atoms with Crippen LogP contribution in [0.2, 0.25) is 0 Å². The molecule has 1 saturated heterocycles. The van der Waals surface area contributed by atoms with Crippen LogP contribution in [-0.4, -0.2) is 60.3 Å². The second-order valence-corrected chi connectivity index (χ2v) is 11.6. The Morgan fingerprint density at radius 3 is 2.50 bits per heavy atom. The Balaban J connectivity index is 1.34. The lowest BCUT2D eigenvalue weighted by atomic mass is 10.1. The summed E-state index contributed by atoms with van der Waals surface area (Å²) in [6.07, 6.45) is 1.53. The number of aryl methyl sites for hydroxylation is 1. The average Bonchev–Trinajstić information content (AvgIpc) is 3.39. The third-order valence-corrected chi connectivity index (χ3v) is 9.11. The predicted octanol–water partition coefficient (Wildman–Crippen LogP) is 2.17. The van der Waals surface area contributed by atoms with Crippen molar-refractivity contribution in [1.82, 2.24) is 24.4 Å². The first-order chi connectivity index (χ1) is 18.3. The van der Waals surface area contributed by atoms with Crippen molar-refractivity contribution in [3.05, 3.63) is 83.3 Å². The molecule has 38 heavy (non-hydrogen) atoms. The van der Waals surface area contributed by atoms with Gasteiger partial charge in [0.25, 0.3) is 21.8 Å². The van der Waals surface area contributed by atoms with E-state index in [4.69, 9.17) is 4.74 Å². The molecular weight excluding hydrogens is 506 g/mol. The smallest absolute Gasteiger partial charge is 0.271 e. The molecule has 196 valence electrons. The van der Waals surface area contributed by atoms with Gasteiger partial charge in [0.2, 0.25) is 0 Å². The molecule has 2 N–H and O–H groups in total. The van der Waals surface area contributed by atoms with Gasteiger partial charge in [-0.3, -0.25) is 14.3 Å². The van der Waals surface area contributed by atoms with Gasteiger partial charge in [0.15, 0.2) is 5.69 Å². The van der Waals surface area contributed by atoms with Crippen LogP contribution in [0.3, 0.4) is 0 Å². The van der Waals surface area contributed by atoms with Crippen LogP contribution in [0.5, 0.6) is 0 Å². The first-order valence-electron chi connectivity index (χ1n) is 12.4. The van der Waals surface area contributed by atoms with Crippen LogP contribution in [0, 0.1) is 18.8 Å². The molecule has 0 bridgehead atoms. The quantitative estimate of drug-likeness (QED) is 0.375. The molecule has 0 radical (unpaired) electrons. The predicted molar refractivity (Wildman–Crippen MR) is 139 cm³/mol. The Morgan fingerprint density at radius 1 is 1.05 bits per heavy atom. The molecule has 3 atom stereocenters. The second-order valence-electron chi connectivity index (χ2n) is 9.80. The number of fused-ring (bicyclic) bond motifs is 2. The molecule has 1 aliphatic carbocycles. The minimum atomic E-state index is -3.81. The maximum atomic E-state index is 13.4. The van der Waals surface area contributed by atoms with E-state index >= 15 is 0 Å². The van der Waals surface area contributed by atoms with E-state index in [1.165, 1.54) is 28.0 Å². The van der Waals surface area contributed by atoms with Crippen molar-refractivity contribution in [3.8, 4) is 0 Å². The highest BCUT2D eigenvalue weighted by Gasteiger charge is 2.55. The van der Waals surface area contributed by atoms with Gasteiger partial charge in [0, 0.05) is 42.6 Å². The molecular formula is C27H27N5O5S. The largest absolute Gasteiger partial charge is 0.381 e. The molecule has 1 aliphatic heterocycles. The minimum absolute atomic E-state index is 0.0625. The fraction of sp³-hybridized carbons (Fsp3) is 0.296. The normalized spacial score (nSPS) is 20.3. The highest BCUT2D eigenvalue weighted by molar-refractivity contribution is 7.90. The number of carbonyl (C=O) groups is 2. The number of ether oxygens (including phenoxy) is 1. The zero-order chi connectivity index (χ0) is 26.6. The van der Waals surface area contributed by atoms with E-state index in [0.717, 1.165) is 11.1 Å². The van der Waals surface area contributed by atoms with Crippen LogP contribution in [0.15, 0.2) is 65.7 Å². The maximum absolute atomic E-state index is 13.4. The van der Waals surface area contributed by atoms with Crippen LogP contribution in [0.25, 0.3) is 10.9 Å². The Hall–Kier alpha value is -3.96. The molecule has 1 unspecified atom stereocenters. The summed E-state index contributed by atoms with van der Waals surface area (Å²) in [6, 6.07) is 15.4. The van der Waals surface area contributed by atoms with Crippen LogP contribution >= 0.6 is 0 Å². The summed E-state index contributed by atoms with van der Waals surface area (Å²) in [4.78, 5) is 25.7. The van der Waals surface area contributed by atoms with Gasteiger partial charge < -0.3 is 15.4 Å². The lowest BCUT2D eigenvalue weighted by Crippen LogP contribution is -2.31. The molecule has 2 amide bonds. The SMILES string of the molecule is CNC(=O)c1cc(C(=O)NC2[C@H]3COC[C@@H]23)n(Cc2cccc3c2ccn3S(=O)(=O)c2ccc(C)cc2)n1. The molecule has 1 saturated carbocycles. The Kier molecular flexibility index (Phi) is 5.84.